The van der Waals surface area contributed by atoms with E-state index in [1.807, 2.05) is 27.7 Å². The molecule has 26 heavy (non-hydrogen) atoms. The van der Waals surface area contributed by atoms with E-state index >= 15 is 0 Å². The summed E-state index contributed by atoms with van der Waals surface area (Å²) >= 11 is 0. The number of likely N-dealkylation sites (tertiary alicyclic amines) is 1. The van der Waals surface area contributed by atoms with Gasteiger partial charge >= 0.3 is 12.3 Å². The van der Waals surface area contributed by atoms with Crippen molar-refractivity contribution < 1.29 is 27.4 Å². The van der Waals surface area contributed by atoms with Crippen LogP contribution in [0.5, 0.6) is 0 Å². The summed E-state index contributed by atoms with van der Waals surface area (Å²) in [5.41, 5.74) is -0.528. The van der Waals surface area contributed by atoms with Crippen LogP contribution < -0.4 is 10.6 Å². The van der Waals surface area contributed by atoms with Gasteiger partial charge in [0.2, 0.25) is 0 Å². The Hall–Kier alpha value is -1.71. The highest BCUT2D eigenvalue weighted by molar-refractivity contribution is 5.80. The molecule has 0 bridgehead atoms. The predicted octanol–water partition coefficient (Wildman–Crippen LogP) is 2.13. The summed E-state index contributed by atoms with van der Waals surface area (Å²) in [5.74, 6) is 0.567. The summed E-state index contributed by atoms with van der Waals surface area (Å²) in [7, 11) is 0. The van der Waals surface area contributed by atoms with E-state index in [0.29, 0.717) is 38.6 Å². The minimum atomic E-state index is -4.30. The molecule has 10 heteroatoms. The molecule has 1 aliphatic rings. The summed E-state index contributed by atoms with van der Waals surface area (Å²) in [6.07, 6.45) is -4.26. The lowest BCUT2D eigenvalue weighted by Gasteiger charge is -2.40. The molecule has 1 saturated heterocycles. The van der Waals surface area contributed by atoms with Crippen LogP contribution in [-0.4, -0.2) is 74.2 Å². The molecule has 152 valence electrons. The molecule has 0 aromatic heterocycles. The number of amides is 1. The Morgan fingerprint density at radius 2 is 1.92 bits per heavy atom. The molecule has 1 rings (SSSR count). The van der Waals surface area contributed by atoms with Crippen LogP contribution in [0, 0.1) is 0 Å². The fraction of sp³-hybridized carbons (Fsp3) is 0.875. The molecule has 1 heterocycles. The van der Waals surface area contributed by atoms with Crippen molar-refractivity contribution in [2.45, 2.75) is 51.9 Å². The van der Waals surface area contributed by atoms with Gasteiger partial charge in [0.15, 0.2) is 5.96 Å². The van der Waals surface area contributed by atoms with Crippen LogP contribution >= 0.6 is 0 Å². The Morgan fingerprint density at radius 1 is 1.27 bits per heavy atom. The van der Waals surface area contributed by atoms with Gasteiger partial charge in [0, 0.05) is 32.8 Å². The summed E-state index contributed by atoms with van der Waals surface area (Å²) in [4.78, 5) is 17.8. The van der Waals surface area contributed by atoms with E-state index in [4.69, 9.17) is 4.74 Å². The fourth-order valence-corrected chi connectivity index (χ4v) is 2.10. The van der Waals surface area contributed by atoms with Gasteiger partial charge in [-0.2, -0.15) is 13.2 Å². The van der Waals surface area contributed by atoms with Gasteiger partial charge in [0.1, 0.15) is 12.2 Å². The number of nitrogens with one attached hydrogen (secondary N) is 2. The second kappa shape index (κ2) is 9.84. The molecule has 0 atom stereocenters. The third kappa shape index (κ3) is 9.69. The quantitative estimate of drug-likeness (QED) is 0.401. The molecule has 0 spiro atoms. The maximum Gasteiger partial charge on any atom is 0.411 e. The Bertz CT molecular complexity index is 472. The highest BCUT2D eigenvalue weighted by Gasteiger charge is 2.34. The second-order valence-electron chi connectivity index (χ2n) is 7.01. The molecule has 0 radical (unpaired) electrons. The lowest BCUT2D eigenvalue weighted by Crippen LogP contribution is -2.63. The molecule has 0 aromatic carbocycles. The van der Waals surface area contributed by atoms with Crippen molar-refractivity contribution in [2.24, 2.45) is 4.99 Å². The first kappa shape index (κ1) is 22.3. The normalized spacial score (nSPS) is 16.3. The van der Waals surface area contributed by atoms with Crippen molar-refractivity contribution in [3.8, 4) is 0 Å². The number of ether oxygens (including phenoxy) is 2. The average molecular weight is 382 g/mol. The van der Waals surface area contributed by atoms with E-state index in [2.05, 4.69) is 20.4 Å². The van der Waals surface area contributed by atoms with E-state index < -0.39 is 18.4 Å². The molecule has 0 aliphatic carbocycles. The minimum absolute atomic E-state index is 0.00172. The Morgan fingerprint density at radius 3 is 2.46 bits per heavy atom. The van der Waals surface area contributed by atoms with Gasteiger partial charge in [0.05, 0.1) is 6.04 Å². The number of halogens is 3. The maximum absolute atomic E-state index is 12.0. The van der Waals surface area contributed by atoms with E-state index in [9.17, 15) is 18.0 Å². The zero-order valence-electron chi connectivity index (χ0n) is 15.8. The van der Waals surface area contributed by atoms with Gasteiger partial charge in [-0.05, 0) is 34.1 Å². The smallest absolute Gasteiger partial charge is 0.411 e. The van der Waals surface area contributed by atoms with Crippen molar-refractivity contribution in [2.75, 3.05) is 39.4 Å². The average Bonchev–Trinajstić information content (AvgIpc) is 2.42. The summed E-state index contributed by atoms with van der Waals surface area (Å²) in [6, 6.07) is 0.0572. The molecule has 0 saturated carbocycles. The van der Waals surface area contributed by atoms with Crippen LogP contribution in [0.15, 0.2) is 4.99 Å². The molecular formula is C16H29F3N4O3. The molecule has 2 N–H and O–H groups in total. The molecule has 1 fully saturated rings. The summed E-state index contributed by atoms with van der Waals surface area (Å²) < 4.78 is 45.7. The van der Waals surface area contributed by atoms with Crippen LogP contribution in [0.2, 0.25) is 0 Å². The Labute approximate surface area is 152 Å². The minimum Gasteiger partial charge on any atom is -0.444 e. The van der Waals surface area contributed by atoms with E-state index in [0.717, 1.165) is 0 Å². The van der Waals surface area contributed by atoms with Crippen molar-refractivity contribution in [1.29, 1.82) is 0 Å². The van der Waals surface area contributed by atoms with Crippen molar-refractivity contribution in [1.82, 2.24) is 15.5 Å². The lowest BCUT2D eigenvalue weighted by atomic mass is 10.1. The van der Waals surface area contributed by atoms with Gasteiger partial charge in [0.25, 0.3) is 0 Å². The van der Waals surface area contributed by atoms with Gasteiger partial charge in [-0.1, -0.05) is 0 Å². The highest BCUT2D eigenvalue weighted by Crippen LogP contribution is 2.15. The van der Waals surface area contributed by atoms with Crippen LogP contribution in [0.1, 0.15) is 34.1 Å². The maximum atomic E-state index is 12.0. The largest absolute Gasteiger partial charge is 0.444 e. The summed E-state index contributed by atoms with van der Waals surface area (Å²) in [5, 5.41) is 6.25. The number of carbonyl (C=O) groups is 1. The number of hydrogen-bond donors (Lipinski definition) is 2. The van der Waals surface area contributed by atoms with Gasteiger partial charge in [-0.3, -0.25) is 4.99 Å². The zero-order chi connectivity index (χ0) is 19.8. The summed E-state index contributed by atoms with van der Waals surface area (Å²) in [6.45, 7) is 8.13. The van der Waals surface area contributed by atoms with E-state index in [-0.39, 0.29) is 18.7 Å². The van der Waals surface area contributed by atoms with Crippen molar-refractivity contribution in [3.63, 3.8) is 0 Å². The van der Waals surface area contributed by atoms with Crippen LogP contribution in [0.4, 0.5) is 18.0 Å². The van der Waals surface area contributed by atoms with Crippen LogP contribution in [0.25, 0.3) is 0 Å². The number of aliphatic imine (C=N–C) groups is 1. The van der Waals surface area contributed by atoms with Crippen molar-refractivity contribution in [3.05, 3.63) is 0 Å². The highest BCUT2D eigenvalue weighted by atomic mass is 19.4. The molecule has 0 aromatic rings. The van der Waals surface area contributed by atoms with Gasteiger partial charge in [-0.25, -0.2) is 4.79 Å². The Balaban J connectivity index is 2.28. The fourth-order valence-electron chi connectivity index (χ4n) is 2.10. The SMILES string of the molecule is CCNC(=NCCCOCC(F)(F)F)NC1CN(C(=O)OC(C)(C)C)C1. The third-order valence-electron chi connectivity index (χ3n) is 3.20. The number of nitrogens with zero attached hydrogens (tertiary/aromatic N) is 2. The van der Waals surface area contributed by atoms with Gasteiger partial charge in [-0.15, -0.1) is 0 Å². The first-order chi connectivity index (χ1) is 12.0. The first-order valence-electron chi connectivity index (χ1n) is 8.67. The van der Waals surface area contributed by atoms with Crippen molar-refractivity contribution >= 4 is 12.1 Å². The molecule has 1 amide bonds. The molecular weight excluding hydrogens is 353 g/mol. The van der Waals surface area contributed by atoms with E-state index in [1.165, 1.54) is 0 Å². The number of hydrogen-bond acceptors (Lipinski definition) is 4. The first-order valence-corrected chi connectivity index (χ1v) is 8.67. The number of carbonyl (C=O) groups excluding carboxylic acids is 1. The predicted molar refractivity (Wildman–Crippen MR) is 92.2 cm³/mol. The Kier molecular flexibility index (Phi) is 8.45. The monoisotopic (exact) mass is 382 g/mol. The molecule has 0 unspecified atom stereocenters. The van der Waals surface area contributed by atoms with Gasteiger partial charge < -0.3 is 25.0 Å². The number of rotatable bonds is 7. The molecule has 1 aliphatic heterocycles. The standard InChI is InChI=1S/C16H29F3N4O3/c1-5-20-13(21-7-6-8-25-11-16(17,18)19)22-12-9-23(10-12)14(24)26-15(2,3)4/h12H,5-11H2,1-4H3,(H2,20,21,22). The van der Waals surface area contributed by atoms with Crippen LogP contribution in [0.3, 0.4) is 0 Å². The molecule has 7 nitrogen and oxygen atoms in total. The number of alkyl halides is 3. The zero-order valence-corrected chi connectivity index (χ0v) is 15.8. The second-order valence-corrected chi connectivity index (χ2v) is 7.01. The lowest BCUT2D eigenvalue weighted by molar-refractivity contribution is -0.173. The van der Waals surface area contributed by atoms with E-state index in [1.54, 1.807) is 4.90 Å². The topological polar surface area (TPSA) is 75.2 Å². The third-order valence-corrected chi connectivity index (χ3v) is 3.20. The number of guanidine groups is 1. The van der Waals surface area contributed by atoms with Crippen LogP contribution in [-0.2, 0) is 9.47 Å².